The molecular formula is C16H19FN4OS. The third kappa shape index (κ3) is 3.68. The van der Waals surface area contributed by atoms with Gasteiger partial charge in [-0.05, 0) is 45.1 Å². The zero-order valence-electron chi connectivity index (χ0n) is 12.9. The second-order valence-electron chi connectivity index (χ2n) is 5.79. The molecule has 1 aromatic carbocycles. The number of rotatable bonds is 4. The van der Waals surface area contributed by atoms with Gasteiger partial charge in [-0.25, -0.2) is 9.37 Å². The molecule has 5 nitrogen and oxygen atoms in total. The first-order valence-corrected chi connectivity index (χ1v) is 8.36. The quantitative estimate of drug-likeness (QED) is 0.841. The number of piperidine rings is 1. The number of nitrogens with one attached hydrogen (secondary N) is 1. The number of nitrogen functional groups attached to an aromatic ring is 1. The second-order valence-corrected chi connectivity index (χ2v) is 6.79. The maximum atomic E-state index is 13.3. The van der Waals surface area contributed by atoms with E-state index in [4.69, 9.17) is 5.73 Å². The maximum Gasteiger partial charge on any atom is 0.206 e. The van der Waals surface area contributed by atoms with Gasteiger partial charge in [-0.3, -0.25) is 4.79 Å². The minimum atomic E-state index is -0.441. The second kappa shape index (κ2) is 6.64. The Kier molecular flexibility index (Phi) is 4.58. The van der Waals surface area contributed by atoms with Crippen LogP contribution in [-0.2, 0) is 0 Å². The average molecular weight is 334 g/mol. The minimum Gasteiger partial charge on any atom is -0.382 e. The lowest BCUT2D eigenvalue weighted by Gasteiger charge is -2.29. The van der Waals surface area contributed by atoms with Gasteiger partial charge < -0.3 is 16.0 Å². The number of carbonyl (C=O) groups excluding carboxylic acids is 1. The molecule has 0 bridgehead atoms. The predicted octanol–water partition coefficient (Wildman–Crippen LogP) is 2.60. The van der Waals surface area contributed by atoms with Crippen LogP contribution in [0.25, 0.3) is 0 Å². The van der Waals surface area contributed by atoms with Crippen LogP contribution in [0.15, 0.2) is 24.3 Å². The highest BCUT2D eigenvalue weighted by atomic mass is 32.1. The van der Waals surface area contributed by atoms with Crippen LogP contribution in [0.4, 0.5) is 15.3 Å². The van der Waals surface area contributed by atoms with Gasteiger partial charge in [0.1, 0.15) is 16.5 Å². The van der Waals surface area contributed by atoms with Crippen molar-refractivity contribution in [2.24, 2.45) is 0 Å². The molecule has 122 valence electrons. The largest absolute Gasteiger partial charge is 0.382 e. The summed E-state index contributed by atoms with van der Waals surface area (Å²) in [4.78, 5) is 19.3. The molecule has 2 heterocycles. The van der Waals surface area contributed by atoms with E-state index in [0.29, 0.717) is 16.1 Å². The Morgan fingerprint density at radius 2 is 2.17 bits per heavy atom. The van der Waals surface area contributed by atoms with Crippen molar-refractivity contribution in [3.05, 3.63) is 40.5 Å². The Morgan fingerprint density at radius 1 is 1.43 bits per heavy atom. The molecule has 3 N–H and O–H groups in total. The van der Waals surface area contributed by atoms with E-state index in [2.05, 4.69) is 22.2 Å². The Bertz CT molecular complexity index is 710. The standard InChI is InChI=1S/C16H19FN4OS/c1-21-7-5-12(6-8-21)19-16-20-15(18)14(23-16)13(22)10-3-2-4-11(17)9-10/h2-4,9,12H,5-8,18H2,1H3,(H,19,20). The summed E-state index contributed by atoms with van der Waals surface area (Å²) in [6.07, 6.45) is 2.06. The molecule has 0 spiro atoms. The lowest BCUT2D eigenvalue weighted by atomic mass is 10.1. The SMILES string of the molecule is CN1CCC(Nc2nc(N)c(C(=O)c3cccc(F)c3)s2)CC1. The molecule has 1 aliphatic rings. The van der Waals surface area contributed by atoms with Crippen LogP contribution >= 0.6 is 11.3 Å². The summed E-state index contributed by atoms with van der Waals surface area (Å²) in [5, 5.41) is 4.00. The van der Waals surface area contributed by atoms with E-state index < -0.39 is 5.82 Å². The van der Waals surface area contributed by atoms with E-state index >= 15 is 0 Å². The number of benzene rings is 1. The molecule has 0 amide bonds. The zero-order valence-corrected chi connectivity index (χ0v) is 13.7. The first kappa shape index (κ1) is 15.9. The zero-order chi connectivity index (χ0) is 16.4. The van der Waals surface area contributed by atoms with E-state index in [-0.39, 0.29) is 17.2 Å². The molecule has 0 aliphatic carbocycles. The number of carbonyl (C=O) groups is 1. The third-order valence-electron chi connectivity index (χ3n) is 3.99. The average Bonchev–Trinajstić information content (AvgIpc) is 2.89. The summed E-state index contributed by atoms with van der Waals surface area (Å²) in [6.45, 7) is 2.07. The Balaban J connectivity index is 1.74. The highest BCUT2D eigenvalue weighted by Gasteiger charge is 2.21. The summed E-state index contributed by atoms with van der Waals surface area (Å²) in [5.41, 5.74) is 6.16. The van der Waals surface area contributed by atoms with Gasteiger partial charge >= 0.3 is 0 Å². The van der Waals surface area contributed by atoms with E-state index in [1.807, 2.05) is 0 Å². The molecule has 1 fully saturated rings. The van der Waals surface area contributed by atoms with Crippen molar-refractivity contribution >= 4 is 28.1 Å². The van der Waals surface area contributed by atoms with E-state index in [9.17, 15) is 9.18 Å². The van der Waals surface area contributed by atoms with Crippen molar-refractivity contribution in [3.8, 4) is 0 Å². The van der Waals surface area contributed by atoms with Gasteiger partial charge in [0.25, 0.3) is 0 Å². The number of nitrogens with zero attached hydrogens (tertiary/aromatic N) is 2. The summed E-state index contributed by atoms with van der Waals surface area (Å²) in [5.74, 6) is -0.542. The number of ketones is 1. The normalized spacial score (nSPS) is 16.4. The molecule has 1 aliphatic heterocycles. The molecule has 23 heavy (non-hydrogen) atoms. The molecule has 0 radical (unpaired) electrons. The minimum absolute atomic E-state index is 0.194. The molecular weight excluding hydrogens is 315 g/mol. The fraction of sp³-hybridized carbons (Fsp3) is 0.375. The lowest BCUT2D eigenvalue weighted by molar-refractivity contribution is 0.104. The van der Waals surface area contributed by atoms with E-state index in [1.165, 1.54) is 29.5 Å². The number of halogens is 1. The lowest BCUT2D eigenvalue weighted by Crippen LogP contribution is -2.36. The topological polar surface area (TPSA) is 71.2 Å². The number of nitrogens with two attached hydrogens (primary N) is 1. The van der Waals surface area contributed by atoms with Crippen molar-refractivity contribution in [1.29, 1.82) is 0 Å². The van der Waals surface area contributed by atoms with E-state index in [1.54, 1.807) is 6.07 Å². The predicted molar refractivity (Wildman–Crippen MR) is 90.5 cm³/mol. The number of hydrogen-bond acceptors (Lipinski definition) is 6. The van der Waals surface area contributed by atoms with Gasteiger partial charge in [-0.15, -0.1) is 0 Å². The van der Waals surface area contributed by atoms with Crippen molar-refractivity contribution in [3.63, 3.8) is 0 Å². The van der Waals surface area contributed by atoms with Crippen LogP contribution in [0.2, 0.25) is 0 Å². The summed E-state index contributed by atoms with van der Waals surface area (Å²) in [7, 11) is 2.10. The number of anilines is 2. The van der Waals surface area contributed by atoms with Crippen LogP contribution < -0.4 is 11.1 Å². The van der Waals surface area contributed by atoms with E-state index in [0.717, 1.165) is 25.9 Å². The number of aromatic nitrogens is 1. The molecule has 1 saturated heterocycles. The van der Waals surface area contributed by atoms with Crippen molar-refractivity contribution in [2.45, 2.75) is 18.9 Å². The molecule has 0 atom stereocenters. The molecule has 0 saturated carbocycles. The smallest absolute Gasteiger partial charge is 0.206 e. The van der Waals surface area contributed by atoms with Crippen LogP contribution in [-0.4, -0.2) is 41.8 Å². The monoisotopic (exact) mass is 334 g/mol. The Hall–Kier alpha value is -1.99. The maximum absolute atomic E-state index is 13.3. The third-order valence-corrected chi connectivity index (χ3v) is 4.99. The van der Waals surface area contributed by atoms with Gasteiger partial charge in [0.2, 0.25) is 5.78 Å². The highest BCUT2D eigenvalue weighted by molar-refractivity contribution is 7.18. The molecule has 0 unspecified atom stereocenters. The highest BCUT2D eigenvalue weighted by Crippen LogP contribution is 2.29. The molecule has 2 aromatic rings. The van der Waals surface area contributed by atoms with Crippen LogP contribution in [0.5, 0.6) is 0 Å². The van der Waals surface area contributed by atoms with Crippen molar-refractivity contribution < 1.29 is 9.18 Å². The fourth-order valence-corrected chi connectivity index (χ4v) is 3.57. The number of thiazole rings is 1. The first-order valence-electron chi connectivity index (χ1n) is 7.54. The van der Waals surface area contributed by atoms with Gasteiger partial charge in [0.15, 0.2) is 5.13 Å². The van der Waals surface area contributed by atoms with Gasteiger partial charge in [-0.2, -0.15) is 0 Å². The molecule has 7 heteroatoms. The summed E-state index contributed by atoms with van der Waals surface area (Å²) < 4.78 is 13.3. The summed E-state index contributed by atoms with van der Waals surface area (Å²) >= 11 is 1.23. The van der Waals surface area contributed by atoms with Crippen LogP contribution in [0.3, 0.4) is 0 Å². The van der Waals surface area contributed by atoms with Crippen molar-refractivity contribution in [1.82, 2.24) is 9.88 Å². The van der Waals surface area contributed by atoms with Crippen molar-refractivity contribution in [2.75, 3.05) is 31.2 Å². The molecule has 3 rings (SSSR count). The first-order chi connectivity index (χ1) is 11.0. The van der Waals surface area contributed by atoms with Gasteiger partial charge in [0.05, 0.1) is 0 Å². The fourth-order valence-electron chi connectivity index (χ4n) is 2.64. The summed E-state index contributed by atoms with van der Waals surface area (Å²) in [6, 6.07) is 5.95. The number of likely N-dealkylation sites (tertiary alicyclic amines) is 1. The van der Waals surface area contributed by atoms with Crippen LogP contribution in [0, 0.1) is 5.82 Å². The Morgan fingerprint density at radius 3 is 2.87 bits per heavy atom. The number of hydrogen-bond donors (Lipinski definition) is 2. The van der Waals surface area contributed by atoms with Gasteiger partial charge in [-0.1, -0.05) is 23.5 Å². The molecule has 1 aromatic heterocycles. The van der Waals surface area contributed by atoms with Gasteiger partial charge in [0, 0.05) is 11.6 Å². The Labute approximate surface area is 138 Å². The van der Waals surface area contributed by atoms with Crippen LogP contribution in [0.1, 0.15) is 28.1 Å².